The first-order chi connectivity index (χ1) is 19.2. The van der Waals surface area contributed by atoms with E-state index in [4.69, 9.17) is 4.74 Å². The third-order valence-corrected chi connectivity index (χ3v) is 7.74. The predicted octanol–water partition coefficient (Wildman–Crippen LogP) is 11.9. The minimum absolute atomic E-state index is 0.0941. The molecule has 0 saturated carbocycles. The van der Waals surface area contributed by atoms with E-state index in [1.165, 1.54) is 128 Å². The Labute approximate surface area is 244 Å². The number of carbonyl (C=O) groups is 1. The number of carbonyl (C=O) groups excluding carboxylic acids is 1. The van der Waals surface area contributed by atoms with Gasteiger partial charge in [0.05, 0.1) is 12.4 Å². The summed E-state index contributed by atoms with van der Waals surface area (Å²) < 4.78 is 5.24. The molecule has 0 aliphatic rings. The van der Waals surface area contributed by atoms with Crippen LogP contribution in [0.3, 0.4) is 0 Å². The van der Waals surface area contributed by atoms with Gasteiger partial charge in [-0.15, -0.1) is 0 Å². The highest BCUT2D eigenvalue weighted by Gasteiger charge is 2.02. The number of allylic oxidation sites excluding steroid dienone is 2. The number of aliphatic hydroxyl groups is 1. The molecule has 230 valence electrons. The van der Waals surface area contributed by atoms with Crippen molar-refractivity contribution in [3.8, 4) is 0 Å². The average molecular weight is 549 g/mol. The summed E-state index contributed by atoms with van der Waals surface area (Å²) in [6.07, 6.45) is 42.0. The molecular formula is C36H68O3. The zero-order chi connectivity index (χ0) is 28.5. The summed E-state index contributed by atoms with van der Waals surface area (Å²) in [5.41, 5.74) is 0. The summed E-state index contributed by atoms with van der Waals surface area (Å²) in [4.78, 5) is 11.9. The molecule has 0 saturated heterocycles. The highest BCUT2D eigenvalue weighted by molar-refractivity contribution is 5.69. The number of hydrogen-bond donors (Lipinski definition) is 1. The van der Waals surface area contributed by atoms with Crippen molar-refractivity contribution in [2.24, 2.45) is 0 Å². The van der Waals surface area contributed by atoms with Crippen LogP contribution in [-0.4, -0.2) is 17.2 Å². The number of ether oxygens (including phenoxy) is 1. The molecule has 1 N–H and O–H groups in total. The van der Waals surface area contributed by atoms with Gasteiger partial charge in [-0.05, 0) is 51.0 Å². The fraction of sp³-hybridized carbons (Fsp3) is 0.861. The molecule has 39 heavy (non-hydrogen) atoms. The molecule has 0 aromatic rings. The van der Waals surface area contributed by atoms with E-state index in [1.807, 2.05) is 6.08 Å². The molecule has 0 unspecified atom stereocenters. The maximum atomic E-state index is 11.9. The monoisotopic (exact) mass is 549 g/mol. The van der Waals surface area contributed by atoms with E-state index in [2.05, 4.69) is 26.0 Å². The van der Waals surface area contributed by atoms with Crippen LogP contribution in [0, 0.1) is 0 Å². The second kappa shape index (κ2) is 33.1. The van der Waals surface area contributed by atoms with Gasteiger partial charge < -0.3 is 9.84 Å². The van der Waals surface area contributed by atoms with Gasteiger partial charge in [0.15, 0.2) is 0 Å². The molecule has 0 heterocycles. The Morgan fingerprint density at radius 2 is 1.00 bits per heavy atom. The van der Waals surface area contributed by atoms with Crippen LogP contribution in [0.5, 0.6) is 0 Å². The smallest absolute Gasteiger partial charge is 0.310 e. The van der Waals surface area contributed by atoms with Gasteiger partial charge in [-0.3, -0.25) is 4.79 Å². The number of hydrogen-bond acceptors (Lipinski definition) is 3. The summed E-state index contributed by atoms with van der Waals surface area (Å²) in [6, 6.07) is 0. The first-order valence-electron chi connectivity index (χ1n) is 17.4. The normalized spacial score (nSPS) is 12.6. The summed E-state index contributed by atoms with van der Waals surface area (Å²) in [5, 5.41) is 9.97. The predicted molar refractivity (Wildman–Crippen MR) is 171 cm³/mol. The number of aliphatic hydroxyl groups excluding tert-OH is 1. The van der Waals surface area contributed by atoms with Gasteiger partial charge >= 0.3 is 5.97 Å². The first kappa shape index (κ1) is 37.9. The lowest BCUT2D eigenvalue weighted by molar-refractivity contribution is -0.138. The molecule has 0 bridgehead atoms. The summed E-state index contributed by atoms with van der Waals surface area (Å²) in [5.74, 6) is -0.0941. The number of esters is 1. The minimum Gasteiger partial charge on any atom is -0.435 e. The van der Waals surface area contributed by atoms with Crippen molar-refractivity contribution in [3.63, 3.8) is 0 Å². The van der Waals surface area contributed by atoms with Gasteiger partial charge in [0.1, 0.15) is 0 Å². The molecule has 0 spiro atoms. The van der Waals surface area contributed by atoms with E-state index in [0.717, 1.165) is 44.9 Å². The molecule has 0 aliphatic heterocycles. The van der Waals surface area contributed by atoms with Crippen molar-refractivity contribution in [2.75, 3.05) is 0 Å². The zero-order valence-electron chi connectivity index (χ0n) is 26.4. The van der Waals surface area contributed by atoms with Gasteiger partial charge in [-0.2, -0.15) is 0 Å². The van der Waals surface area contributed by atoms with Crippen LogP contribution >= 0.6 is 0 Å². The molecule has 0 rings (SSSR count). The van der Waals surface area contributed by atoms with Crippen molar-refractivity contribution in [2.45, 2.75) is 200 Å². The second-order valence-corrected chi connectivity index (χ2v) is 11.8. The van der Waals surface area contributed by atoms with Gasteiger partial charge in [0.25, 0.3) is 0 Å². The molecule has 3 heteroatoms. The van der Waals surface area contributed by atoms with Crippen LogP contribution in [-0.2, 0) is 9.53 Å². The van der Waals surface area contributed by atoms with E-state index < -0.39 is 0 Å². The van der Waals surface area contributed by atoms with E-state index in [9.17, 15) is 9.90 Å². The van der Waals surface area contributed by atoms with Crippen LogP contribution < -0.4 is 0 Å². The fourth-order valence-corrected chi connectivity index (χ4v) is 5.07. The number of unbranched alkanes of at least 4 members (excludes halogenated alkanes) is 22. The van der Waals surface area contributed by atoms with Crippen LogP contribution in [0.25, 0.3) is 0 Å². The molecule has 1 atom stereocenters. The Morgan fingerprint density at radius 1 is 0.564 bits per heavy atom. The molecule has 0 amide bonds. The summed E-state index contributed by atoms with van der Waals surface area (Å²) in [6.45, 7) is 4.50. The Hall–Kier alpha value is -1.09. The van der Waals surface area contributed by atoms with E-state index in [0.29, 0.717) is 6.42 Å². The summed E-state index contributed by atoms with van der Waals surface area (Å²) >= 11 is 0. The van der Waals surface area contributed by atoms with E-state index in [-0.39, 0.29) is 12.1 Å². The van der Waals surface area contributed by atoms with Crippen LogP contribution in [0.4, 0.5) is 0 Å². The highest BCUT2D eigenvalue weighted by atomic mass is 16.5. The lowest BCUT2D eigenvalue weighted by Gasteiger charge is -2.07. The molecule has 3 nitrogen and oxygen atoms in total. The second-order valence-electron chi connectivity index (χ2n) is 11.8. The topological polar surface area (TPSA) is 46.5 Å². The largest absolute Gasteiger partial charge is 0.435 e. The van der Waals surface area contributed by atoms with Crippen LogP contribution in [0.15, 0.2) is 24.5 Å². The Balaban J connectivity index is 3.32. The maximum absolute atomic E-state index is 11.9. The third-order valence-electron chi connectivity index (χ3n) is 7.74. The lowest BCUT2D eigenvalue weighted by atomic mass is 10.0. The van der Waals surface area contributed by atoms with Crippen molar-refractivity contribution in [3.05, 3.63) is 24.5 Å². The first-order valence-corrected chi connectivity index (χ1v) is 17.4. The third kappa shape index (κ3) is 33.0. The Kier molecular flexibility index (Phi) is 32.2. The maximum Gasteiger partial charge on any atom is 0.310 e. The number of rotatable bonds is 31. The molecule has 0 aromatic heterocycles. The lowest BCUT2D eigenvalue weighted by Crippen LogP contribution is -2.04. The molecular weight excluding hydrogens is 480 g/mol. The Bertz CT molecular complexity index is 539. The van der Waals surface area contributed by atoms with Crippen molar-refractivity contribution in [1.82, 2.24) is 0 Å². The highest BCUT2D eigenvalue weighted by Crippen LogP contribution is 2.14. The SMILES string of the molecule is CCCCCCCCCCCCCCCCC=COC(=O)CCCCCCC/C=C\C[C@H](O)CCCCCC. The summed E-state index contributed by atoms with van der Waals surface area (Å²) in [7, 11) is 0. The fourth-order valence-electron chi connectivity index (χ4n) is 5.07. The van der Waals surface area contributed by atoms with Gasteiger partial charge in [0, 0.05) is 6.42 Å². The van der Waals surface area contributed by atoms with Crippen molar-refractivity contribution < 1.29 is 14.6 Å². The minimum atomic E-state index is -0.170. The van der Waals surface area contributed by atoms with Crippen LogP contribution in [0.2, 0.25) is 0 Å². The Morgan fingerprint density at radius 3 is 1.54 bits per heavy atom. The average Bonchev–Trinajstić information content (AvgIpc) is 2.93. The van der Waals surface area contributed by atoms with Crippen molar-refractivity contribution in [1.29, 1.82) is 0 Å². The van der Waals surface area contributed by atoms with Gasteiger partial charge in [0.2, 0.25) is 0 Å². The van der Waals surface area contributed by atoms with Crippen LogP contribution in [0.1, 0.15) is 194 Å². The quantitative estimate of drug-likeness (QED) is 0.0405. The zero-order valence-corrected chi connectivity index (χ0v) is 26.4. The molecule has 0 aromatic carbocycles. The van der Waals surface area contributed by atoms with Gasteiger partial charge in [-0.1, -0.05) is 154 Å². The van der Waals surface area contributed by atoms with E-state index >= 15 is 0 Å². The molecule has 0 aliphatic carbocycles. The standard InChI is InChI=1S/C36H68O3/c1-3-5-7-9-10-11-12-13-14-15-16-17-20-23-26-30-34-39-36(38)33-29-25-22-19-18-21-24-28-32-35(37)31-27-8-6-4-2/h24,28,30,34-35,37H,3-23,25-27,29,31-33H2,1-2H3/b28-24-,34-30?/t35-/m1/s1. The van der Waals surface area contributed by atoms with E-state index in [1.54, 1.807) is 6.26 Å². The molecule has 0 fully saturated rings. The van der Waals surface area contributed by atoms with Gasteiger partial charge in [-0.25, -0.2) is 0 Å². The van der Waals surface area contributed by atoms with Crippen molar-refractivity contribution >= 4 is 5.97 Å². The molecule has 0 radical (unpaired) electrons.